The van der Waals surface area contributed by atoms with Crippen LogP contribution < -0.4 is 11.1 Å². The van der Waals surface area contributed by atoms with Gasteiger partial charge in [-0.3, -0.25) is 4.79 Å². The Bertz CT molecular complexity index is 1270. The van der Waals surface area contributed by atoms with Crippen molar-refractivity contribution in [3.63, 3.8) is 0 Å². The average Bonchev–Trinajstić information content (AvgIpc) is 3.38. The molecule has 1 amide bonds. The second-order valence-corrected chi connectivity index (χ2v) is 8.67. The largest absolute Gasteiger partial charge is 0.383 e. The Balaban J connectivity index is 1.58. The molecule has 0 atom stereocenters. The second-order valence-electron chi connectivity index (χ2n) is 7.00. The summed E-state index contributed by atoms with van der Waals surface area (Å²) in [6.45, 7) is 1.96. The van der Waals surface area contributed by atoms with Gasteiger partial charge in [0, 0.05) is 16.1 Å². The van der Waals surface area contributed by atoms with Gasteiger partial charge < -0.3 is 15.6 Å². The Morgan fingerprint density at radius 2 is 1.97 bits per heavy atom. The SMILES string of the molecule is CSc1cccc(NC(=O)Cn2nc(SC)c(-c3nc(-c4cccc(C)c4)no3)c2N)c1. The first-order valence-corrected chi connectivity index (χ1v) is 12.2. The van der Waals surface area contributed by atoms with E-state index in [4.69, 9.17) is 10.3 Å². The van der Waals surface area contributed by atoms with Crippen LogP contribution in [0.5, 0.6) is 0 Å². The molecule has 0 aliphatic carbocycles. The molecule has 2 aromatic carbocycles. The molecule has 0 fully saturated rings. The van der Waals surface area contributed by atoms with Crippen molar-refractivity contribution in [1.82, 2.24) is 19.9 Å². The lowest BCUT2D eigenvalue weighted by Crippen LogP contribution is -2.20. The summed E-state index contributed by atoms with van der Waals surface area (Å²) < 4.78 is 6.95. The molecule has 0 radical (unpaired) electrons. The molecule has 0 spiro atoms. The number of nitrogens with one attached hydrogen (secondary N) is 1. The zero-order chi connectivity index (χ0) is 22.7. The highest BCUT2D eigenvalue weighted by molar-refractivity contribution is 7.98. The first kappa shape index (κ1) is 22.0. The minimum Gasteiger partial charge on any atom is -0.383 e. The van der Waals surface area contributed by atoms with Crippen LogP contribution in [0.1, 0.15) is 5.56 Å². The van der Waals surface area contributed by atoms with Crippen LogP contribution in [0, 0.1) is 6.92 Å². The van der Waals surface area contributed by atoms with E-state index in [1.165, 1.54) is 16.4 Å². The van der Waals surface area contributed by atoms with Crippen LogP contribution in [0.3, 0.4) is 0 Å². The van der Waals surface area contributed by atoms with Gasteiger partial charge in [0.2, 0.25) is 11.7 Å². The van der Waals surface area contributed by atoms with Crippen molar-refractivity contribution in [2.24, 2.45) is 0 Å². The summed E-state index contributed by atoms with van der Waals surface area (Å²) in [5.41, 5.74) is 9.54. The average molecular weight is 467 g/mol. The van der Waals surface area contributed by atoms with Crippen molar-refractivity contribution in [3.05, 3.63) is 54.1 Å². The van der Waals surface area contributed by atoms with Crippen molar-refractivity contribution >= 4 is 40.9 Å². The summed E-state index contributed by atoms with van der Waals surface area (Å²) in [6.07, 6.45) is 3.86. The zero-order valence-electron chi connectivity index (χ0n) is 17.8. The fraction of sp³-hybridized carbons (Fsp3) is 0.182. The number of thioether (sulfide) groups is 2. The number of aryl methyl sites for hydroxylation is 1. The second kappa shape index (κ2) is 9.49. The maximum Gasteiger partial charge on any atom is 0.264 e. The molecule has 3 N–H and O–H groups in total. The van der Waals surface area contributed by atoms with Gasteiger partial charge in [-0.25, -0.2) is 4.68 Å². The van der Waals surface area contributed by atoms with Gasteiger partial charge >= 0.3 is 0 Å². The first-order valence-electron chi connectivity index (χ1n) is 9.73. The Labute approximate surface area is 194 Å². The number of nitrogens with zero attached hydrogens (tertiary/aromatic N) is 4. The third-order valence-corrected chi connectivity index (χ3v) is 6.11. The summed E-state index contributed by atoms with van der Waals surface area (Å²) >= 11 is 3.00. The Morgan fingerprint density at radius 1 is 1.16 bits per heavy atom. The number of hydrogen-bond donors (Lipinski definition) is 2. The number of anilines is 2. The molecule has 164 valence electrons. The van der Waals surface area contributed by atoms with Crippen LogP contribution in [-0.2, 0) is 11.3 Å². The predicted molar refractivity (Wildman–Crippen MR) is 129 cm³/mol. The van der Waals surface area contributed by atoms with Crippen LogP contribution in [-0.4, -0.2) is 38.3 Å². The first-order chi connectivity index (χ1) is 15.5. The van der Waals surface area contributed by atoms with Crippen molar-refractivity contribution < 1.29 is 9.32 Å². The number of benzene rings is 2. The normalized spacial score (nSPS) is 11.0. The molecule has 2 heterocycles. The zero-order valence-corrected chi connectivity index (χ0v) is 19.5. The highest BCUT2D eigenvalue weighted by Gasteiger charge is 2.23. The standard InChI is InChI=1S/C22H22N6O2S2/c1-13-6-4-7-14(10-13)20-25-21(30-27-20)18-19(23)28(26-22(18)32-3)12-17(29)24-15-8-5-9-16(11-15)31-2/h4-11H,12,23H2,1-3H3,(H,24,29). The van der Waals surface area contributed by atoms with E-state index in [1.54, 1.807) is 11.8 Å². The number of rotatable bonds is 7. The molecule has 32 heavy (non-hydrogen) atoms. The molecule has 0 aliphatic heterocycles. The Kier molecular flexibility index (Phi) is 6.52. The van der Waals surface area contributed by atoms with Gasteiger partial charge in [-0.2, -0.15) is 10.1 Å². The Hall–Kier alpha value is -3.24. The van der Waals surface area contributed by atoms with E-state index in [1.807, 2.05) is 68.0 Å². The van der Waals surface area contributed by atoms with Gasteiger partial charge in [-0.1, -0.05) is 35.0 Å². The van der Waals surface area contributed by atoms with Crippen molar-refractivity contribution in [2.75, 3.05) is 23.6 Å². The van der Waals surface area contributed by atoms with Crippen LogP contribution >= 0.6 is 23.5 Å². The molecule has 4 rings (SSSR count). The fourth-order valence-corrected chi connectivity index (χ4v) is 4.22. The number of amides is 1. The van der Waals surface area contributed by atoms with E-state index in [-0.39, 0.29) is 18.3 Å². The summed E-state index contributed by atoms with van der Waals surface area (Å²) in [5.74, 6) is 0.793. The maximum atomic E-state index is 12.6. The van der Waals surface area contributed by atoms with Crippen LogP contribution in [0.15, 0.2) is 63.0 Å². The van der Waals surface area contributed by atoms with Gasteiger partial charge in [-0.15, -0.1) is 23.5 Å². The number of hydrogen-bond acceptors (Lipinski definition) is 8. The van der Waals surface area contributed by atoms with E-state index < -0.39 is 0 Å². The van der Waals surface area contributed by atoms with E-state index in [2.05, 4.69) is 20.6 Å². The monoisotopic (exact) mass is 466 g/mol. The molecule has 2 aromatic heterocycles. The van der Waals surface area contributed by atoms with Gasteiger partial charge in [0.05, 0.1) is 0 Å². The molecule has 10 heteroatoms. The molecule has 0 aliphatic rings. The van der Waals surface area contributed by atoms with Crippen molar-refractivity contribution in [3.8, 4) is 22.8 Å². The lowest BCUT2D eigenvalue weighted by molar-refractivity contribution is -0.116. The van der Waals surface area contributed by atoms with Crippen molar-refractivity contribution in [2.45, 2.75) is 23.4 Å². The summed E-state index contributed by atoms with van der Waals surface area (Å²) in [5, 5.41) is 12.1. The van der Waals surface area contributed by atoms with Gasteiger partial charge in [0.15, 0.2) is 0 Å². The Morgan fingerprint density at radius 3 is 2.72 bits per heavy atom. The van der Waals surface area contributed by atoms with Gasteiger partial charge in [0.1, 0.15) is 23.0 Å². The summed E-state index contributed by atoms with van der Waals surface area (Å²) in [4.78, 5) is 18.2. The third-order valence-electron chi connectivity index (χ3n) is 4.72. The lowest BCUT2D eigenvalue weighted by Gasteiger charge is -2.07. The number of aromatic nitrogens is 4. The van der Waals surface area contributed by atoms with Gasteiger partial charge in [0.25, 0.3) is 5.89 Å². The quantitative estimate of drug-likeness (QED) is 0.381. The molecule has 0 unspecified atom stereocenters. The summed E-state index contributed by atoms with van der Waals surface area (Å²) in [6, 6.07) is 15.5. The number of nitrogen functional groups attached to an aromatic ring is 1. The minimum absolute atomic E-state index is 0.0399. The van der Waals surface area contributed by atoms with Crippen LogP contribution in [0.2, 0.25) is 0 Å². The minimum atomic E-state index is -0.234. The summed E-state index contributed by atoms with van der Waals surface area (Å²) in [7, 11) is 0. The highest BCUT2D eigenvalue weighted by atomic mass is 32.2. The molecular formula is C22H22N6O2S2. The predicted octanol–water partition coefficient (Wildman–Crippen LogP) is 4.57. The smallest absolute Gasteiger partial charge is 0.264 e. The van der Waals surface area contributed by atoms with E-state index in [0.717, 1.165) is 21.7 Å². The number of carbonyl (C=O) groups excluding carboxylic acids is 1. The highest BCUT2D eigenvalue weighted by Crippen LogP contribution is 2.35. The fourth-order valence-electron chi connectivity index (χ4n) is 3.18. The van der Waals surface area contributed by atoms with Crippen LogP contribution in [0.4, 0.5) is 11.5 Å². The molecule has 0 bridgehead atoms. The molecule has 4 aromatic rings. The van der Waals surface area contributed by atoms with Crippen LogP contribution in [0.25, 0.3) is 22.8 Å². The molecular weight excluding hydrogens is 444 g/mol. The van der Waals surface area contributed by atoms with E-state index in [9.17, 15) is 4.79 Å². The molecule has 0 saturated carbocycles. The van der Waals surface area contributed by atoms with Crippen molar-refractivity contribution in [1.29, 1.82) is 0 Å². The topological polar surface area (TPSA) is 112 Å². The maximum absolute atomic E-state index is 12.6. The van der Waals surface area contributed by atoms with Gasteiger partial charge in [-0.05, 0) is 43.7 Å². The third kappa shape index (κ3) is 4.66. The number of nitrogens with two attached hydrogens (primary N) is 1. The van der Waals surface area contributed by atoms with E-state index in [0.29, 0.717) is 22.2 Å². The molecule has 0 saturated heterocycles. The van der Waals surface area contributed by atoms with E-state index >= 15 is 0 Å². The lowest BCUT2D eigenvalue weighted by atomic mass is 10.1. The molecule has 8 nitrogen and oxygen atoms in total. The number of carbonyl (C=O) groups is 1.